The largest absolute Gasteiger partial charge is 0.493 e. The molecular formula is C21H23N3O6. The minimum atomic E-state index is -0.617. The summed E-state index contributed by atoms with van der Waals surface area (Å²) in [5, 5.41) is 3.85. The highest BCUT2D eigenvalue weighted by atomic mass is 16.6. The molecule has 2 bridgehead atoms. The number of ether oxygens (including phenoxy) is 2. The molecule has 1 saturated heterocycles. The maximum absolute atomic E-state index is 13.2. The Morgan fingerprint density at radius 2 is 1.83 bits per heavy atom. The van der Waals surface area contributed by atoms with Crippen LogP contribution in [-0.4, -0.2) is 55.2 Å². The van der Waals surface area contributed by atoms with Gasteiger partial charge in [0.25, 0.3) is 5.91 Å². The van der Waals surface area contributed by atoms with Gasteiger partial charge in [-0.2, -0.15) is 0 Å². The van der Waals surface area contributed by atoms with Crippen LogP contribution in [0.5, 0.6) is 11.5 Å². The number of nitrogens with zero attached hydrogens (tertiary/aromatic N) is 2. The first kappa shape index (κ1) is 18.9. The zero-order valence-corrected chi connectivity index (χ0v) is 16.7. The fourth-order valence-corrected chi connectivity index (χ4v) is 5.89. The second-order valence-corrected chi connectivity index (χ2v) is 8.32. The van der Waals surface area contributed by atoms with Crippen molar-refractivity contribution in [3.63, 3.8) is 0 Å². The van der Waals surface area contributed by atoms with Crippen LogP contribution >= 0.6 is 0 Å². The summed E-state index contributed by atoms with van der Waals surface area (Å²) in [6.45, 7) is 0.298. The highest BCUT2D eigenvalue weighted by Crippen LogP contribution is 2.61. The molecule has 3 amide bonds. The summed E-state index contributed by atoms with van der Waals surface area (Å²) in [6.07, 6.45) is 0.878. The Balaban J connectivity index is 1.33. The molecule has 1 aromatic carbocycles. The Kier molecular flexibility index (Phi) is 4.23. The lowest BCUT2D eigenvalue weighted by molar-refractivity contribution is -0.141. The van der Waals surface area contributed by atoms with Crippen molar-refractivity contribution in [2.24, 2.45) is 40.5 Å². The Labute approximate surface area is 173 Å². The number of fused-ring (bicyclic) bond motifs is 8. The minimum Gasteiger partial charge on any atom is -0.493 e. The lowest BCUT2D eigenvalue weighted by atomic mass is 9.72. The van der Waals surface area contributed by atoms with Gasteiger partial charge in [0.15, 0.2) is 17.2 Å². The van der Waals surface area contributed by atoms with Gasteiger partial charge >= 0.3 is 0 Å². The summed E-state index contributed by atoms with van der Waals surface area (Å²) in [5.74, 6) is -1.01. The normalized spacial score (nSPS) is 33.3. The van der Waals surface area contributed by atoms with E-state index in [2.05, 4.69) is 5.16 Å². The predicted octanol–water partition coefficient (Wildman–Crippen LogP) is 0.354. The van der Waals surface area contributed by atoms with E-state index in [4.69, 9.17) is 20.0 Å². The molecule has 6 atom stereocenters. The topological polar surface area (TPSA) is 121 Å². The van der Waals surface area contributed by atoms with Gasteiger partial charge in [-0.15, -0.1) is 0 Å². The van der Waals surface area contributed by atoms with E-state index in [9.17, 15) is 14.4 Å². The Bertz CT molecular complexity index is 975. The molecule has 2 heterocycles. The molecule has 0 unspecified atom stereocenters. The maximum Gasteiger partial charge on any atom is 0.266 e. The number of amides is 3. The molecule has 30 heavy (non-hydrogen) atoms. The number of imide groups is 1. The van der Waals surface area contributed by atoms with E-state index >= 15 is 0 Å². The van der Waals surface area contributed by atoms with Crippen molar-refractivity contribution < 1.29 is 28.7 Å². The van der Waals surface area contributed by atoms with Crippen LogP contribution in [0.15, 0.2) is 23.4 Å². The molecule has 2 aliphatic heterocycles. The number of hydrogen-bond acceptors (Lipinski definition) is 7. The Morgan fingerprint density at radius 1 is 1.13 bits per heavy atom. The minimum absolute atomic E-state index is 0.104. The monoisotopic (exact) mass is 413 g/mol. The molecule has 2 N–H and O–H groups in total. The van der Waals surface area contributed by atoms with E-state index in [1.165, 1.54) is 4.90 Å². The van der Waals surface area contributed by atoms with E-state index in [1.54, 1.807) is 20.3 Å². The standard InChI is InChI=1S/C21H23N3O6/c1-28-12-4-3-9(7-13(12)29-2)5-6-24-20(26)14-10-8-11(15(14)21(24)27)18-16(10)17(19(22)25)23-30-18/h3-4,7,10-11,14-16,18H,5-6,8H2,1-2H3,(H2,22,25)/t10-,11-,14+,15-,16-,18+/m1/s1. The Hall–Kier alpha value is -3.10. The van der Waals surface area contributed by atoms with Crippen LogP contribution in [0.2, 0.25) is 0 Å². The molecule has 3 fully saturated rings. The van der Waals surface area contributed by atoms with Gasteiger partial charge in [-0.1, -0.05) is 11.2 Å². The van der Waals surface area contributed by atoms with Crippen molar-refractivity contribution >= 4 is 23.4 Å². The molecule has 4 aliphatic rings. The van der Waals surface area contributed by atoms with Crippen molar-refractivity contribution in [3.8, 4) is 11.5 Å². The van der Waals surface area contributed by atoms with E-state index in [-0.39, 0.29) is 41.4 Å². The average Bonchev–Trinajstić information content (AvgIpc) is 3.47. The molecule has 158 valence electrons. The van der Waals surface area contributed by atoms with E-state index < -0.39 is 17.7 Å². The molecule has 0 aromatic heterocycles. The van der Waals surface area contributed by atoms with Gasteiger partial charge in [-0.3, -0.25) is 19.3 Å². The summed E-state index contributed by atoms with van der Waals surface area (Å²) in [4.78, 5) is 44.8. The molecule has 2 saturated carbocycles. The van der Waals surface area contributed by atoms with Gasteiger partial charge in [0.1, 0.15) is 6.10 Å². The summed E-state index contributed by atoms with van der Waals surface area (Å²) in [6, 6.07) is 5.55. The predicted molar refractivity (Wildman–Crippen MR) is 104 cm³/mol. The van der Waals surface area contributed by atoms with Crippen molar-refractivity contribution in [1.82, 2.24) is 4.90 Å². The van der Waals surface area contributed by atoms with Crippen LogP contribution in [0.25, 0.3) is 0 Å². The molecule has 9 nitrogen and oxygen atoms in total. The molecule has 2 aliphatic carbocycles. The zero-order valence-electron chi connectivity index (χ0n) is 16.7. The van der Waals surface area contributed by atoms with E-state index in [0.717, 1.165) is 5.56 Å². The number of rotatable bonds is 6. The first-order chi connectivity index (χ1) is 14.5. The number of hydrogen-bond donors (Lipinski definition) is 1. The van der Waals surface area contributed by atoms with Gasteiger partial charge in [0, 0.05) is 12.5 Å². The fourth-order valence-electron chi connectivity index (χ4n) is 5.89. The van der Waals surface area contributed by atoms with Crippen LogP contribution in [0, 0.1) is 29.6 Å². The Morgan fingerprint density at radius 3 is 2.50 bits per heavy atom. The van der Waals surface area contributed by atoms with Crippen LogP contribution in [0.1, 0.15) is 12.0 Å². The first-order valence-corrected chi connectivity index (χ1v) is 10.1. The number of likely N-dealkylation sites (tertiary alicyclic amines) is 1. The van der Waals surface area contributed by atoms with Crippen LogP contribution in [0.4, 0.5) is 0 Å². The highest BCUT2D eigenvalue weighted by Gasteiger charge is 2.70. The van der Waals surface area contributed by atoms with Gasteiger partial charge in [0.05, 0.1) is 32.0 Å². The van der Waals surface area contributed by atoms with Crippen molar-refractivity contribution in [2.75, 3.05) is 20.8 Å². The summed E-state index contributed by atoms with van der Waals surface area (Å²) < 4.78 is 10.6. The molecule has 0 spiro atoms. The molecule has 0 radical (unpaired) electrons. The smallest absolute Gasteiger partial charge is 0.266 e. The van der Waals surface area contributed by atoms with Crippen molar-refractivity contribution in [3.05, 3.63) is 23.8 Å². The number of carbonyl (C=O) groups excluding carboxylic acids is 3. The highest BCUT2D eigenvalue weighted by molar-refractivity contribution is 6.39. The summed E-state index contributed by atoms with van der Waals surface area (Å²) >= 11 is 0. The number of nitrogens with two attached hydrogens (primary N) is 1. The third-order valence-corrected chi connectivity index (χ3v) is 7.11. The third-order valence-electron chi connectivity index (χ3n) is 7.11. The van der Waals surface area contributed by atoms with Crippen molar-refractivity contribution in [2.45, 2.75) is 18.9 Å². The first-order valence-electron chi connectivity index (χ1n) is 10.1. The number of oxime groups is 1. The van der Waals surface area contributed by atoms with E-state index in [0.29, 0.717) is 30.9 Å². The van der Waals surface area contributed by atoms with Crippen LogP contribution < -0.4 is 15.2 Å². The quantitative estimate of drug-likeness (QED) is 0.672. The SMILES string of the molecule is COc1ccc(CCN2C(=O)[C@@H]3[C@H]4C[C@@H]([C@@H]5C(C(N)=O)=NO[C@@H]45)[C@@H]3C2=O)cc1OC. The second-order valence-electron chi connectivity index (χ2n) is 8.32. The number of primary amides is 1. The maximum atomic E-state index is 13.2. The molecule has 9 heteroatoms. The lowest BCUT2D eigenvalue weighted by Crippen LogP contribution is -2.43. The molecule has 1 aromatic rings. The van der Waals surface area contributed by atoms with Gasteiger partial charge in [-0.05, 0) is 36.5 Å². The van der Waals surface area contributed by atoms with Gasteiger partial charge < -0.3 is 20.0 Å². The lowest BCUT2D eigenvalue weighted by Gasteiger charge is -2.29. The van der Waals surface area contributed by atoms with Crippen molar-refractivity contribution in [1.29, 1.82) is 0 Å². The number of methoxy groups -OCH3 is 2. The van der Waals surface area contributed by atoms with Gasteiger partial charge in [0.2, 0.25) is 11.8 Å². The summed E-state index contributed by atoms with van der Waals surface area (Å²) in [7, 11) is 3.13. The van der Waals surface area contributed by atoms with E-state index in [1.807, 2.05) is 12.1 Å². The number of benzene rings is 1. The number of carbonyl (C=O) groups is 3. The molecule has 5 rings (SSSR count). The summed E-state index contributed by atoms with van der Waals surface area (Å²) in [5.41, 5.74) is 6.58. The van der Waals surface area contributed by atoms with Crippen LogP contribution in [0.3, 0.4) is 0 Å². The fraction of sp³-hybridized carbons (Fsp3) is 0.524. The van der Waals surface area contributed by atoms with Gasteiger partial charge in [-0.25, -0.2) is 0 Å². The van der Waals surface area contributed by atoms with Crippen LogP contribution in [-0.2, 0) is 25.6 Å². The third kappa shape index (κ3) is 2.47. The second kappa shape index (κ2) is 6.72. The zero-order chi connectivity index (χ0) is 21.2. The molecular weight excluding hydrogens is 390 g/mol. The average molecular weight is 413 g/mol.